The quantitative estimate of drug-likeness (QED) is 0.520. The third-order valence-electron chi connectivity index (χ3n) is 1.97. The van der Waals surface area contributed by atoms with Crippen LogP contribution in [-0.4, -0.2) is 0 Å². The molecule has 0 aromatic carbocycles. The minimum atomic E-state index is 0.756. The van der Waals surface area contributed by atoms with Crippen molar-refractivity contribution in [3.8, 4) is 0 Å². The molecule has 1 aliphatic carbocycles. The van der Waals surface area contributed by atoms with Crippen LogP contribution >= 0.6 is 0 Å². The fourth-order valence-corrected chi connectivity index (χ4v) is 1.30. The summed E-state index contributed by atoms with van der Waals surface area (Å²) in [5.74, 6) is 0.756. The zero-order valence-corrected chi connectivity index (χ0v) is 6.72. The van der Waals surface area contributed by atoms with Gasteiger partial charge in [0.25, 0.3) is 0 Å². The molecule has 0 aromatic heterocycles. The van der Waals surface area contributed by atoms with Crippen LogP contribution in [0.2, 0.25) is 0 Å². The van der Waals surface area contributed by atoms with Crippen molar-refractivity contribution < 1.29 is 0 Å². The van der Waals surface area contributed by atoms with Gasteiger partial charge in [0.15, 0.2) is 0 Å². The minimum Gasteiger partial charge on any atom is -0.0776 e. The molecule has 0 amide bonds. The molecule has 0 nitrogen and oxygen atoms in total. The lowest BCUT2D eigenvalue weighted by Gasteiger charge is -2.02. The third-order valence-corrected chi connectivity index (χ3v) is 1.97. The highest BCUT2D eigenvalue weighted by molar-refractivity contribution is 5.17. The van der Waals surface area contributed by atoms with Gasteiger partial charge in [0.05, 0.1) is 0 Å². The summed E-state index contributed by atoms with van der Waals surface area (Å²) in [6.07, 6.45) is 14.3. The number of hydrogen-bond donors (Lipinski definition) is 0. The topological polar surface area (TPSA) is 0 Å². The van der Waals surface area contributed by atoms with E-state index >= 15 is 0 Å². The first-order valence-electron chi connectivity index (χ1n) is 4.28. The van der Waals surface area contributed by atoms with Crippen LogP contribution in [-0.2, 0) is 0 Å². The highest BCUT2D eigenvalue weighted by Gasteiger charge is 2.01. The lowest BCUT2D eigenvalue weighted by atomic mass is 10.0. The molecule has 56 valence electrons. The normalized spacial score (nSPS) is 16.9. The van der Waals surface area contributed by atoms with Crippen LogP contribution in [0.5, 0.6) is 0 Å². The smallest absolute Gasteiger partial charge is 0.00473 e. The van der Waals surface area contributed by atoms with Gasteiger partial charge in [0, 0.05) is 0 Å². The van der Waals surface area contributed by atoms with Crippen molar-refractivity contribution in [2.24, 2.45) is 5.92 Å². The van der Waals surface area contributed by atoms with Gasteiger partial charge in [-0.15, -0.1) is 0 Å². The van der Waals surface area contributed by atoms with Gasteiger partial charge in [0.1, 0.15) is 0 Å². The maximum absolute atomic E-state index is 2.29. The SMILES string of the molecule is CCCCCC1C=CC=C1. The summed E-state index contributed by atoms with van der Waals surface area (Å²) in [6.45, 7) is 2.25. The van der Waals surface area contributed by atoms with Crippen LogP contribution in [0.4, 0.5) is 0 Å². The van der Waals surface area contributed by atoms with Crippen molar-refractivity contribution in [3.05, 3.63) is 24.3 Å². The molecular formula is C10H16. The first kappa shape index (κ1) is 7.59. The van der Waals surface area contributed by atoms with E-state index in [0.717, 1.165) is 5.92 Å². The Kier molecular flexibility index (Phi) is 3.28. The molecule has 0 bridgehead atoms. The van der Waals surface area contributed by atoms with Gasteiger partial charge >= 0.3 is 0 Å². The van der Waals surface area contributed by atoms with Crippen LogP contribution in [0.3, 0.4) is 0 Å². The van der Waals surface area contributed by atoms with Gasteiger partial charge in [-0.3, -0.25) is 0 Å². The zero-order valence-electron chi connectivity index (χ0n) is 6.72. The fraction of sp³-hybridized carbons (Fsp3) is 0.600. The molecular weight excluding hydrogens is 120 g/mol. The molecule has 0 aromatic rings. The maximum atomic E-state index is 2.29. The Labute approximate surface area is 63.6 Å². The van der Waals surface area contributed by atoms with Gasteiger partial charge in [0.2, 0.25) is 0 Å². The molecule has 0 spiro atoms. The van der Waals surface area contributed by atoms with E-state index in [-0.39, 0.29) is 0 Å². The Balaban J connectivity index is 2.03. The van der Waals surface area contributed by atoms with Crippen molar-refractivity contribution in [1.82, 2.24) is 0 Å². The molecule has 0 N–H and O–H groups in total. The molecule has 0 heterocycles. The van der Waals surface area contributed by atoms with Crippen LogP contribution in [0, 0.1) is 5.92 Å². The Morgan fingerprint density at radius 2 is 1.80 bits per heavy atom. The minimum absolute atomic E-state index is 0.756. The highest BCUT2D eigenvalue weighted by Crippen LogP contribution is 2.16. The molecule has 0 heteroatoms. The van der Waals surface area contributed by atoms with E-state index in [1.54, 1.807) is 0 Å². The van der Waals surface area contributed by atoms with E-state index in [1.807, 2.05) is 0 Å². The summed E-state index contributed by atoms with van der Waals surface area (Å²) in [5, 5.41) is 0. The molecule has 0 radical (unpaired) electrons. The summed E-state index contributed by atoms with van der Waals surface area (Å²) in [6, 6.07) is 0. The van der Waals surface area contributed by atoms with Crippen LogP contribution < -0.4 is 0 Å². The second kappa shape index (κ2) is 4.32. The Morgan fingerprint density at radius 1 is 1.10 bits per heavy atom. The average molecular weight is 136 g/mol. The van der Waals surface area contributed by atoms with Gasteiger partial charge in [-0.05, 0) is 12.3 Å². The van der Waals surface area contributed by atoms with E-state index in [1.165, 1.54) is 25.7 Å². The predicted molar refractivity (Wildman–Crippen MR) is 45.9 cm³/mol. The van der Waals surface area contributed by atoms with Crippen molar-refractivity contribution >= 4 is 0 Å². The van der Waals surface area contributed by atoms with Crippen LogP contribution in [0.1, 0.15) is 32.6 Å². The van der Waals surface area contributed by atoms with E-state index in [0.29, 0.717) is 0 Å². The molecule has 10 heavy (non-hydrogen) atoms. The molecule has 0 saturated heterocycles. The summed E-state index contributed by atoms with van der Waals surface area (Å²) in [7, 11) is 0. The van der Waals surface area contributed by atoms with Crippen LogP contribution in [0.15, 0.2) is 24.3 Å². The lowest BCUT2D eigenvalue weighted by molar-refractivity contribution is 0.615. The monoisotopic (exact) mass is 136 g/mol. The number of unbranched alkanes of at least 4 members (excludes halogenated alkanes) is 2. The Morgan fingerprint density at radius 3 is 2.40 bits per heavy atom. The first-order chi connectivity index (χ1) is 4.93. The van der Waals surface area contributed by atoms with Crippen molar-refractivity contribution in [1.29, 1.82) is 0 Å². The van der Waals surface area contributed by atoms with E-state index in [9.17, 15) is 0 Å². The van der Waals surface area contributed by atoms with Gasteiger partial charge in [-0.2, -0.15) is 0 Å². The van der Waals surface area contributed by atoms with Crippen molar-refractivity contribution in [2.45, 2.75) is 32.6 Å². The largest absolute Gasteiger partial charge is 0.0776 e. The van der Waals surface area contributed by atoms with E-state index in [2.05, 4.69) is 31.2 Å². The fourth-order valence-electron chi connectivity index (χ4n) is 1.30. The van der Waals surface area contributed by atoms with Crippen LogP contribution in [0.25, 0.3) is 0 Å². The third kappa shape index (κ3) is 2.38. The summed E-state index contributed by atoms with van der Waals surface area (Å²) >= 11 is 0. The number of rotatable bonds is 4. The first-order valence-corrected chi connectivity index (χ1v) is 4.28. The van der Waals surface area contributed by atoms with Gasteiger partial charge in [-0.25, -0.2) is 0 Å². The molecule has 0 aliphatic heterocycles. The molecule has 0 unspecified atom stereocenters. The second-order valence-corrected chi connectivity index (χ2v) is 2.93. The average Bonchev–Trinajstić information content (AvgIpc) is 2.41. The summed E-state index contributed by atoms with van der Waals surface area (Å²) in [5.41, 5.74) is 0. The van der Waals surface area contributed by atoms with Crippen molar-refractivity contribution in [2.75, 3.05) is 0 Å². The molecule has 1 aliphatic rings. The number of hydrogen-bond acceptors (Lipinski definition) is 0. The molecule has 0 saturated carbocycles. The van der Waals surface area contributed by atoms with Crippen molar-refractivity contribution in [3.63, 3.8) is 0 Å². The van der Waals surface area contributed by atoms with E-state index < -0.39 is 0 Å². The summed E-state index contributed by atoms with van der Waals surface area (Å²) in [4.78, 5) is 0. The molecule has 0 fully saturated rings. The Hall–Kier alpha value is -0.520. The van der Waals surface area contributed by atoms with E-state index in [4.69, 9.17) is 0 Å². The zero-order chi connectivity index (χ0) is 7.23. The standard InChI is InChI=1S/C10H16/c1-2-3-4-7-10-8-5-6-9-10/h5-6,8-10H,2-4,7H2,1H3. The molecule has 1 rings (SSSR count). The Bertz CT molecular complexity index is 119. The van der Waals surface area contributed by atoms with Gasteiger partial charge in [-0.1, -0.05) is 50.5 Å². The highest BCUT2D eigenvalue weighted by atomic mass is 14.1. The maximum Gasteiger partial charge on any atom is -0.00473 e. The second-order valence-electron chi connectivity index (χ2n) is 2.93. The molecule has 0 atom stereocenters. The van der Waals surface area contributed by atoms with Gasteiger partial charge < -0.3 is 0 Å². The number of allylic oxidation sites excluding steroid dienone is 4. The lowest BCUT2D eigenvalue weighted by Crippen LogP contribution is -1.88. The summed E-state index contributed by atoms with van der Waals surface area (Å²) < 4.78 is 0. The predicted octanol–water partition coefficient (Wildman–Crippen LogP) is 3.31.